The summed E-state index contributed by atoms with van der Waals surface area (Å²) in [6, 6.07) is 6.56. The molecule has 0 fully saturated rings. The zero-order valence-corrected chi connectivity index (χ0v) is 7.92. The summed E-state index contributed by atoms with van der Waals surface area (Å²) in [4.78, 5) is 0. The van der Waals surface area contributed by atoms with Crippen LogP contribution in [0.1, 0.15) is 29.7 Å². The van der Waals surface area contributed by atoms with Gasteiger partial charge in [-0.15, -0.1) is 0 Å². The molecular formula is C11H15NO. The van der Waals surface area contributed by atoms with Crippen LogP contribution < -0.4 is 5.73 Å². The first-order chi connectivity index (χ1) is 6.31. The molecule has 1 atom stereocenters. The van der Waals surface area contributed by atoms with Crippen molar-refractivity contribution < 1.29 is 4.74 Å². The van der Waals surface area contributed by atoms with Crippen molar-refractivity contribution in [2.75, 3.05) is 6.61 Å². The molecule has 1 heterocycles. The summed E-state index contributed by atoms with van der Waals surface area (Å²) in [7, 11) is 0. The molecule has 13 heavy (non-hydrogen) atoms. The van der Waals surface area contributed by atoms with Crippen LogP contribution in [0.15, 0.2) is 18.2 Å². The minimum absolute atomic E-state index is 0.0650. The second-order valence-corrected chi connectivity index (χ2v) is 3.51. The summed E-state index contributed by atoms with van der Waals surface area (Å²) >= 11 is 0. The normalized spacial score (nSPS) is 21.2. The molecule has 0 unspecified atom stereocenters. The fraction of sp³-hybridized carbons (Fsp3) is 0.455. The molecule has 2 nitrogen and oxygen atoms in total. The zero-order chi connectivity index (χ0) is 9.26. The van der Waals surface area contributed by atoms with Gasteiger partial charge in [0, 0.05) is 0 Å². The summed E-state index contributed by atoms with van der Waals surface area (Å²) < 4.78 is 5.36. The average Bonchev–Trinajstić information content (AvgIpc) is 2.18. The van der Waals surface area contributed by atoms with Gasteiger partial charge >= 0.3 is 0 Å². The smallest absolute Gasteiger partial charge is 0.0721 e. The van der Waals surface area contributed by atoms with Gasteiger partial charge in [0.1, 0.15) is 0 Å². The lowest BCUT2D eigenvalue weighted by molar-refractivity contribution is 0.0923. The molecule has 2 heteroatoms. The summed E-state index contributed by atoms with van der Waals surface area (Å²) in [6.07, 6.45) is 1.07. The highest BCUT2D eigenvalue weighted by molar-refractivity contribution is 5.35. The van der Waals surface area contributed by atoms with Gasteiger partial charge < -0.3 is 10.5 Å². The van der Waals surface area contributed by atoms with Crippen LogP contribution in [-0.4, -0.2) is 6.61 Å². The highest BCUT2D eigenvalue weighted by atomic mass is 16.5. The van der Waals surface area contributed by atoms with E-state index in [2.05, 4.69) is 25.1 Å². The van der Waals surface area contributed by atoms with Crippen LogP contribution in [0.3, 0.4) is 0 Å². The van der Waals surface area contributed by atoms with Crippen molar-refractivity contribution in [3.63, 3.8) is 0 Å². The molecule has 0 bridgehead atoms. The maximum atomic E-state index is 5.94. The van der Waals surface area contributed by atoms with E-state index in [1.54, 1.807) is 0 Å². The van der Waals surface area contributed by atoms with Crippen LogP contribution in [0, 0.1) is 0 Å². The first kappa shape index (κ1) is 8.73. The fourth-order valence-corrected chi connectivity index (χ4v) is 1.73. The van der Waals surface area contributed by atoms with Gasteiger partial charge in [0.25, 0.3) is 0 Å². The molecule has 2 rings (SSSR count). The van der Waals surface area contributed by atoms with E-state index < -0.39 is 0 Å². The molecule has 70 valence electrons. The van der Waals surface area contributed by atoms with E-state index in [4.69, 9.17) is 10.5 Å². The number of hydrogen-bond acceptors (Lipinski definition) is 2. The van der Waals surface area contributed by atoms with Crippen LogP contribution in [-0.2, 0) is 17.8 Å². The zero-order valence-electron chi connectivity index (χ0n) is 7.92. The fourth-order valence-electron chi connectivity index (χ4n) is 1.73. The molecule has 0 saturated heterocycles. The number of fused-ring (bicyclic) bond motifs is 1. The molecule has 0 radical (unpaired) electrons. The molecule has 0 amide bonds. The molecule has 2 N–H and O–H groups in total. The predicted molar refractivity (Wildman–Crippen MR) is 52.4 cm³/mol. The monoisotopic (exact) mass is 177 g/mol. The largest absolute Gasteiger partial charge is 0.375 e. The van der Waals surface area contributed by atoms with Gasteiger partial charge in [0.2, 0.25) is 0 Å². The van der Waals surface area contributed by atoms with Gasteiger partial charge in [-0.25, -0.2) is 0 Å². The SMILES string of the molecule is CCc1ccc2c(c1)[C@H](N)COC2. The predicted octanol–water partition coefficient (Wildman–Crippen LogP) is 1.78. The van der Waals surface area contributed by atoms with E-state index >= 15 is 0 Å². The third-order valence-electron chi connectivity index (χ3n) is 2.57. The van der Waals surface area contributed by atoms with Crippen molar-refractivity contribution >= 4 is 0 Å². The number of aryl methyl sites for hydroxylation is 1. The Bertz CT molecular complexity index is 309. The van der Waals surface area contributed by atoms with Crippen molar-refractivity contribution in [3.8, 4) is 0 Å². The van der Waals surface area contributed by atoms with E-state index in [0.29, 0.717) is 13.2 Å². The lowest BCUT2D eigenvalue weighted by Gasteiger charge is -2.23. The molecule has 1 aliphatic heterocycles. The second kappa shape index (κ2) is 3.48. The first-order valence-electron chi connectivity index (χ1n) is 4.76. The maximum absolute atomic E-state index is 5.94. The van der Waals surface area contributed by atoms with Crippen molar-refractivity contribution in [3.05, 3.63) is 34.9 Å². The van der Waals surface area contributed by atoms with Crippen LogP contribution in [0.4, 0.5) is 0 Å². The molecule has 0 aliphatic carbocycles. The summed E-state index contributed by atoms with van der Waals surface area (Å²) in [5.74, 6) is 0. The topological polar surface area (TPSA) is 35.2 Å². The van der Waals surface area contributed by atoms with E-state index in [0.717, 1.165) is 6.42 Å². The van der Waals surface area contributed by atoms with Gasteiger partial charge in [-0.2, -0.15) is 0 Å². The van der Waals surface area contributed by atoms with Crippen molar-refractivity contribution in [2.24, 2.45) is 5.73 Å². The number of rotatable bonds is 1. The minimum atomic E-state index is 0.0650. The average molecular weight is 177 g/mol. The van der Waals surface area contributed by atoms with Gasteiger partial charge in [-0.1, -0.05) is 25.1 Å². The molecule has 0 aromatic heterocycles. The Morgan fingerprint density at radius 2 is 2.38 bits per heavy atom. The molecule has 0 saturated carbocycles. The van der Waals surface area contributed by atoms with Crippen LogP contribution in [0.2, 0.25) is 0 Å². The standard InChI is InChI=1S/C11H15NO/c1-2-8-3-4-9-6-13-7-11(12)10(9)5-8/h3-5,11H,2,6-7,12H2,1H3/t11-/m1/s1. The van der Waals surface area contributed by atoms with E-state index in [1.165, 1.54) is 16.7 Å². The summed E-state index contributed by atoms with van der Waals surface area (Å²) in [6.45, 7) is 3.53. The van der Waals surface area contributed by atoms with Gasteiger partial charge in [0.05, 0.1) is 19.3 Å². The lowest BCUT2D eigenvalue weighted by atomic mass is 9.96. The Balaban J connectivity index is 2.41. The summed E-state index contributed by atoms with van der Waals surface area (Å²) in [5.41, 5.74) is 9.82. The Morgan fingerprint density at radius 3 is 3.15 bits per heavy atom. The summed E-state index contributed by atoms with van der Waals surface area (Å²) in [5, 5.41) is 0. The Morgan fingerprint density at radius 1 is 1.54 bits per heavy atom. The van der Waals surface area contributed by atoms with Gasteiger partial charge in [-0.05, 0) is 23.1 Å². The van der Waals surface area contributed by atoms with Crippen LogP contribution in [0.25, 0.3) is 0 Å². The highest BCUT2D eigenvalue weighted by Gasteiger charge is 2.16. The Kier molecular flexibility index (Phi) is 2.34. The first-order valence-corrected chi connectivity index (χ1v) is 4.76. The number of ether oxygens (including phenoxy) is 1. The lowest BCUT2D eigenvalue weighted by Crippen LogP contribution is -2.23. The van der Waals surface area contributed by atoms with Gasteiger partial charge in [0.15, 0.2) is 0 Å². The van der Waals surface area contributed by atoms with Crippen LogP contribution >= 0.6 is 0 Å². The van der Waals surface area contributed by atoms with E-state index in [9.17, 15) is 0 Å². The quantitative estimate of drug-likeness (QED) is 0.709. The minimum Gasteiger partial charge on any atom is -0.375 e. The third-order valence-corrected chi connectivity index (χ3v) is 2.57. The number of benzene rings is 1. The highest BCUT2D eigenvalue weighted by Crippen LogP contribution is 2.24. The van der Waals surface area contributed by atoms with Crippen LogP contribution in [0.5, 0.6) is 0 Å². The van der Waals surface area contributed by atoms with E-state index in [-0.39, 0.29) is 6.04 Å². The molecule has 1 aliphatic rings. The molecule has 1 aromatic rings. The van der Waals surface area contributed by atoms with Crippen molar-refractivity contribution in [1.29, 1.82) is 0 Å². The van der Waals surface area contributed by atoms with E-state index in [1.807, 2.05) is 0 Å². The second-order valence-electron chi connectivity index (χ2n) is 3.51. The maximum Gasteiger partial charge on any atom is 0.0721 e. The van der Waals surface area contributed by atoms with Crippen molar-refractivity contribution in [1.82, 2.24) is 0 Å². The molecule has 0 spiro atoms. The van der Waals surface area contributed by atoms with Gasteiger partial charge in [-0.3, -0.25) is 0 Å². The number of nitrogens with two attached hydrogens (primary N) is 1. The van der Waals surface area contributed by atoms with Crippen molar-refractivity contribution in [2.45, 2.75) is 26.0 Å². The number of hydrogen-bond donors (Lipinski definition) is 1. The Labute approximate surface area is 78.7 Å². The molecular weight excluding hydrogens is 162 g/mol. The third kappa shape index (κ3) is 1.60. The Hall–Kier alpha value is -0.860. The molecule has 1 aromatic carbocycles.